The van der Waals surface area contributed by atoms with Crippen molar-refractivity contribution in [1.82, 2.24) is 9.13 Å². The lowest BCUT2D eigenvalue weighted by molar-refractivity contribution is 1.11. The van der Waals surface area contributed by atoms with Gasteiger partial charge in [0.2, 0.25) is 0 Å². The summed E-state index contributed by atoms with van der Waals surface area (Å²) in [7, 11) is 0. The zero-order valence-electron chi connectivity index (χ0n) is 28.1. The summed E-state index contributed by atoms with van der Waals surface area (Å²) in [6.45, 7) is 10.5. The highest BCUT2D eigenvalue weighted by Crippen LogP contribution is 2.34. The summed E-state index contributed by atoms with van der Waals surface area (Å²) in [6, 6.07) is 55.7. The third kappa shape index (κ3) is 5.65. The summed E-state index contributed by atoms with van der Waals surface area (Å²) >= 11 is 0. The quantitative estimate of drug-likeness (QED) is 0.166. The van der Waals surface area contributed by atoms with Crippen molar-refractivity contribution in [3.05, 3.63) is 194 Å². The maximum Gasteiger partial charge on any atom is 0.0541 e. The highest BCUT2D eigenvalue weighted by molar-refractivity contribution is 5.96. The van der Waals surface area contributed by atoms with E-state index in [1.54, 1.807) is 0 Å². The highest BCUT2D eigenvalue weighted by Gasteiger charge is 2.16. The number of allylic oxidation sites excluding steroid dienone is 1. The van der Waals surface area contributed by atoms with Crippen LogP contribution in [0.3, 0.4) is 0 Å². The van der Waals surface area contributed by atoms with Crippen LogP contribution in [0, 0.1) is 0 Å². The topological polar surface area (TPSA) is 21.9 Å². The van der Waals surface area contributed by atoms with Crippen molar-refractivity contribution in [3.63, 3.8) is 0 Å². The van der Waals surface area contributed by atoms with Gasteiger partial charge in [0.05, 0.1) is 16.7 Å². The van der Waals surface area contributed by atoms with E-state index in [4.69, 9.17) is 0 Å². The number of fused-ring (bicyclic) bond motifs is 2. The van der Waals surface area contributed by atoms with E-state index in [1.807, 2.05) is 24.3 Å². The summed E-state index contributed by atoms with van der Waals surface area (Å²) in [4.78, 5) is 0. The molecule has 0 spiro atoms. The van der Waals surface area contributed by atoms with Crippen LogP contribution in [0.2, 0.25) is 0 Å². The number of rotatable bonds is 9. The van der Waals surface area contributed by atoms with Crippen LogP contribution in [0.1, 0.15) is 23.9 Å². The molecule has 50 heavy (non-hydrogen) atoms. The van der Waals surface area contributed by atoms with Crippen LogP contribution < -0.4 is 5.32 Å². The van der Waals surface area contributed by atoms with E-state index in [0.29, 0.717) is 0 Å². The molecule has 0 saturated carbocycles. The number of nitrogens with one attached hydrogen (secondary N) is 1. The van der Waals surface area contributed by atoms with Gasteiger partial charge >= 0.3 is 0 Å². The summed E-state index contributed by atoms with van der Waals surface area (Å²) in [6.07, 6.45) is 6.11. The van der Waals surface area contributed by atoms with Gasteiger partial charge in [-0.3, -0.25) is 0 Å². The molecule has 0 fully saturated rings. The van der Waals surface area contributed by atoms with Crippen molar-refractivity contribution in [2.24, 2.45) is 0 Å². The van der Waals surface area contributed by atoms with Gasteiger partial charge in [0.25, 0.3) is 0 Å². The number of hydrogen-bond donors (Lipinski definition) is 1. The maximum absolute atomic E-state index is 4.25. The van der Waals surface area contributed by atoms with E-state index in [2.05, 4.69) is 186 Å². The average molecular weight is 644 g/mol. The summed E-state index contributed by atoms with van der Waals surface area (Å²) in [5.74, 6) is 0. The Morgan fingerprint density at radius 3 is 1.70 bits per heavy atom. The summed E-state index contributed by atoms with van der Waals surface area (Å²) in [5.41, 5.74) is 14.6. The van der Waals surface area contributed by atoms with Crippen LogP contribution in [0.25, 0.3) is 73.7 Å². The minimum atomic E-state index is 1.03. The normalized spacial score (nSPS) is 11.6. The number of anilines is 1. The van der Waals surface area contributed by atoms with Gasteiger partial charge in [-0.1, -0.05) is 116 Å². The lowest BCUT2D eigenvalue weighted by atomic mass is 10.1. The van der Waals surface area contributed by atoms with Crippen molar-refractivity contribution < 1.29 is 0 Å². The lowest BCUT2D eigenvalue weighted by Crippen LogP contribution is -1.98. The van der Waals surface area contributed by atoms with E-state index in [1.165, 1.54) is 27.6 Å². The molecule has 0 saturated heterocycles. The first-order valence-electron chi connectivity index (χ1n) is 16.9. The fourth-order valence-corrected chi connectivity index (χ4v) is 7.02. The molecule has 3 nitrogen and oxygen atoms in total. The Morgan fingerprint density at radius 1 is 0.540 bits per heavy atom. The zero-order chi connectivity index (χ0) is 34.0. The molecule has 0 aliphatic rings. The van der Waals surface area contributed by atoms with E-state index in [0.717, 1.165) is 56.1 Å². The van der Waals surface area contributed by atoms with E-state index >= 15 is 0 Å². The Bertz CT molecular complexity index is 2510. The molecule has 2 aromatic heterocycles. The van der Waals surface area contributed by atoms with Crippen LogP contribution in [0.15, 0.2) is 177 Å². The van der Waals surface area contributed by atoms with Gasteiger partial charge < -0.3 is 14.5 Å². The van der Waals surface area contributed by atoms with Gasteiger partial charge in [-0.05, 0) is 102 Å². The van der Waals surface area contributed by atoms with Crippen molar-refractivity contribution >= 4 is 45.7 Å². The molecule has 0 bridgehead atoms. The first-order chi connectivity index (χ1) is 24.6. The molecule has 1 N–H and O–H groups in total. The van der Waals surface area contributed by atoms with Gasteiger partial charge in [-0.15, -0.1) is 0 Å². The van der Waals surface area contributed by atoms with E-state index in [-0.39, 0.29) is 0 Å². The molecule has 0 amide bonds. The largest absolute Gasteiger partial charge is 0.359 e. The monoisotopic (exact) mass is 643 g/mol. The predicted octanol–water partition coefficient (Wildman–Crippen LogP) is 12.7. The average Bonchev–Trinajstić information content (AvgIpc) is 3.70. The summed E-state index contributed by atoms with van der Waals surface area (Å²) in [5, 5.41) is 5.99. The Morgan fingerprint density at radius 2 is 1.10 bits per heavy atom. The molecule has 0 unspecified atom stereocenters. The SMILES string of the molecule is C=Cc1cc2cc(N/C(C)=C/c3c(C=C)n(-c4ccc(-c5ccccc5)cc4)c4ccccc34)ccc2n1-c1ccc(-c2ccccc2)cc1. The van der Waals surface area contributed by atoms with Crippen LogP contribution in [0.4, 0.5) is 5.69 Å². The Balaban J connectivity index is 1.11. The number of hydrogen-bond acceptors (Lipinski definition) is 1. The van der Waals surface area contributed by atoms with Crippen molar-refractivity contribution in [2.75, 3.05) is 5.32 Å². The standard InChI is InChI=1S/C47H37N3/c1-4-40-32-38-31-39(24-29-46(38)49(40)41-25-20-36(21-26-41)34-14-8-6-9-15-34)48-33(3)30-44-43-18-12-13-19-47(43)50(45(44)5-2)42-27-22-37(23-28-42)35-16-10-7-11-17-35/h4-32,48H,1-2H2,3H3/b33-30+. The maximum atomic E-state index is 4.25. The van der Waals surface area contributed by atoms with E-state index in [9.17, 15) is 0 Å². The lowest BCUT2D eigenvalue weighted by Gasteiger charge is -2.12. The molecule has 0 atom stereocenters. The molecule has 8 rings (SSSR count). The number of nitrogens with zero attached hydrogens (tertiary/aromatic N) is 2. The number of benzene rings is 6. The highest BCUT2D eigenvalue weighted by atomic mass is 15.0. The Kier molecular flexibility index (Phi) is 8.08. The van der Waals surface area contributed by atoms with Crippen LogP contribution in [-0.2, 0) is 0 Å². The molecular formula is C47H37N3. The van der Waals surface area contributed by atoms with Gasteiger partial charge in [-0.2, -0.15) is 0 Å². The van der Waals surface area contributed by atoms with Crippen molar-refractivity contribution in [2.45, 2.75) is 6.92 Å². The molecule has 3 heteroatoms. The third-order valence-electron chi connectivity index (χ3n) is 9.35. The molecule has 0 aliphatic carbocycles. The molecule has 2 heterocycles. The van der Waals surface area contributed by atoms with Gasteiger partial charge in [-0.25, -0.2) is 0 Å². The summed E-state index contributed by atoms with van der Waals surface area (Å²) < 4.78 is 4.56. The molecular weight excluding hydrogens is 607 g/mol. The first kappa shape index (κ1) is 30.7. The second-order valence-corrected chi connectivity index (χ2v) is 12.5. The van der Waals surface area contributed by atoms with E-state index < -0.39 is 0 Å². The fraction of sp³-hybridized carbons (Fsp3) is 0.0213. The van der Waals surface area contributed by atoms with Crippen LogP contribution in [0.5, 0.6) is 0 Å². The zero-order valence-corrected chi connectivity index (χ0v) is 28.1. The molecule has 8 aromatic rings. The predicted molar refractivity (Wildman–Crippen MR) is 215 cm³/mol. The smallest absolute Gasteiger partial charge is 0.0541 e. The second kappa shape index (κ2) is 13.1. The molecule has 0 aliphatic heterocycles. The fourth-order valence-electron chi connectivity index (χ4n) is 7.02. The van der Waals surface area contributed by atoms with Crippen molar-refractivity contribution in [1.29, 1.82) is 0 Å². The minimum Gasteiger partial charge on any atom is -0.359 e. The third-order valence-corrected chi connectivity index (χ3v) is 9.35. The van der Waals surface area contributed by atoms with Crippen LogP contribution >= 0.6 is 0 Å². The van der Waals surface area contributed by atoms with Gasteiger partial charge in [0.15, 0.2) is 0 Å². The Labute approximate surface area is 293 Å². The van der Waals surface area contributed by atoms with Gasteiger partial charge in [0, 0.05) is 44.8 Å². The number of aromatic nitrogens is 2. The molecule has 0 radical (unpaired) electrons. The second-order valence-electron chi connectivity index (χ2n) is 12.5. The Hall–Kier alpha value is -6.58. The number of para-hydroxylation sites is 1. The van der Waals surface area contributed by atoms with Gasteiger partial charge in [0.1, 0.15) is 0 Å². The first-order valence-corrected chi connectivity index (χ1v) is 16.9. The minimum absolute atomic E-state index is 1.03. The molecule has 240 valence electrons. The van der Waals surface area contributed by atoms with Crippen LogP contribution in [-0.4, -0.2) is 9.13 Å². The van der Waals surface area contributed by atoms with Crippen molar-refractivity contribution in [3.8, 4) is 33.6 Å². The molecule has 6 aromatic carbocycles.